The fraction of sp³-hybridized carbons (Fsp3) is 0.263. The summed E-state index contributed by atoms with van der Waals surface area (Å²) in [6, 6.07) is 13.8. The molecule has 0 aliphatic heterocycles. The van der Waals surface area contributed by atoms with Crippen LogP contribution >= 0.6 is 23.2 Å². The molecule has 0 aromatic heterocycles. The van der Waals surface area contributed by atoms with Gasteiger partial charge in [0, 0.05) is 23.6 Å². The van der Waals surface area contributed by atoms with Crippen molar-refractivity contribution in [2.45, 2.75) is 25.9 Å². The summed E-state index contributed by atoms with van der Waals surface area (Å²) in [5.41, 5.74) is 1.71. The summed E-state index contributed by atoms with van der Waals surface area (Å²) in [5, 5.41) is 3.80. The number of rotatable bonds is 6. The van der Waals surface area contributed by atoms with Gasteiger partial charge in [0.1, 0.15) is 6.04 Å². The first-order valence-corrected chi connectivity index (χ1v) is 8.66. The lowest BCUT2D eigenvalue weighted by atomic mass is 10.1. The summed E-state index contributed by atoms with van der Waals surface area (Å²) in [6.07, 6.45) is 0.194. The molecule has 1 atom stereocenters. The minimum Gasteiger partial charge on any atom is -0.357 e. The van der Waals surface area contributed by atoms with Crippen molar-refractivity contribution in [3.8, 4) is 0 Å². The summed E-state index contributed by atoms with van der Waals surface area (Å²) in [5.74, 6) is -0.357. The lowest BCUT2D eigenvalue weighted by molar-refractivity contribution is -0.139. The van der Waals surface area contributed by atoms with Gasteiger partial charge in [0.05, 0.1) is 6.42 Å². The summed E-state index contributed by atoms with van der Waals surface area (Å²) in [7, 11) is 1.56. The molecular formula is C19H20Cl2N2O2. The lowest BCUT2D eigenvalue weighted by Gasteiger charge is -2.28. The Morgan fingerprint density at radius 2 is 1.72 bits per heavy atom. The first-order valence-electron chi connectivity index (χ1n) is 7.90. The standard InChI is InChI=1S/C19H20Cl2N2O2/c1-13(19(25)22-2)23(12-15-4-3-5-17(21)10-15)18(24)11-14-6-8-16(20)9-7-14/h3-10,13H,11-12H2,1-2H3,(H,22,25)/t13-/m0/s1. The second-order valence-corrected chi connectivity index (χ2v) is 6.62. The summed E-state index contributed by atoms with van der Waals surface area (Å²) >= 11 is 11.9. The number of benzene rings is 2. The van der Waals surface area contributed by atoms with Crippen molar-refractivity contribution in [2.75, 3.05) is 7.05 Å². The van der Waals surface area contributed by atoms with E-state index in [4.69, 9.17) is 23.2 Å². The van der Waals surface area contributed by atoms with Crippen molar-refractivity contribution in [2.24, 2.45) is 0 Å². The quantitative estimate of drug-likeness (QED) is 0.832. The van der Waals surface area contributed by atoms with Crippen LogP contribution in [0.25, 0.3) is 0 Å². The molecule has 0 bridgehead atoms. The maximum absolute atomic E-state index is 12.8. The summed E-state index contributed by atoms with van der Waals surface area (Å²) < 4.78 is 0. The predicted molar refractivity (Wildman–Crippen MR) is 101 cm³/mol. The Kier molecular flexibility index (Phi) is 6.85. The van der Waals surface area contributed by atoms with Crippen molar-refractivity contribution in [3.63, 3.8) is 0 Å². The number of halogens is 2. The van der Waals surface area contributed by atoms with Crippen LogP contribution in [0.5, 0.6) is 0 Å². The number of hydrogen-bond acceptors (Lipinski definition) is 2. The Hall–Kier alpha value is -2.04. The first-order chi connectivity index (χ1) is 11.9. The SMILES string of the molecule is CNC(=O)[C@H](C)N(Cc1cccc(Cl)c1)C(=O)Cc1ccc(Cl)cc1. The highest BCUT2D eigenvalue weighted by Gasteiger charge is 2.25. The predicted octanol–water partition coefficient (Wildman–Crippen LogP) is 3.70. The van der Waals surface area contributed by atoms with Gasteiger partial charge in [-0.25, -0.2) is 0 Å². The Bertz CT molecular complexity index is 747. The van der Waals surface area contributed by atoms with Crippen LogP contribution in [-0.2, 0) is 22.6 Å². The summed E-state index contributed by atoms with van der Waals surface area (Å²) in [4.78, 5) is 26.4. The molecule has 2 aromatic carbocycles. The molecule has 0 radical (unpaired) electrons. The van der Waals surface area contributed by atoms with Crippen LogP contribution in [-0.4, -0.2) is 29.8 Å². The molecule has 0 saturated heterocycles. The second-order valence-electron chi connectivity index (χ2n) is 5.75. The highest BCUT2D eigenvalue weighted by Crippen LogP contribution is 2.17. The van der Waals surface area contributed by atoms with Crippen molar-refractivity contribution >= 4 is 35.0 Å². The van der Waals surface area contributed by atoms with E-state index in [1.807, 2.05) is 24.3 Å². The Balaban J connectivity index is 2.21. The molecule has 2 amide bonds. The number of hydrogen-bond donors (Lipinski definition) is 1. The van der Waals surface area contributed by atoms with Crippen LogP contribution in [0.3, 0.4) is 0 Å². The molecule has 0 aliphatic carbocycles. The highest BCUT2D eigenvalue weighted by molar-refractivity contribution is 6.30. The van der Waals surface area contributed by atoms with Crippen LogP contribution < -0.4 is 5.32 Å². The molecule has 4 nitrogen and oxygen atoms in total. The van der Waals surface area contributed by atoms with E-state index in [-0.39, 0.29) is 18.2 Å². The molecule has 6 heteroatoms. The Morgan fingerprint density at radius 3 is 2.32 bits per heavy atom. The van der Waals surface area contributed by atoms with E-state index < -0.39 is 6.04 Å². The van der Waals surface area contributed by atoms with Crippen LogP contribution in [0.15, 0.2) is 48.5 Å². The number of amides is 2. The average molecular weight is 379 g/mol. The van der Waals surface area contributed by atoms with Crippen molar-refractivity contribution in [3.05, 3.63) is 69.7 Å². The van der Waals surface area contributed by atoms with E-state index in [1.165, 1.54) is 0 Å². The smallest absolute Gasteiger partial charge is 0.242 e. The molecular weight excluding hydrogens is 359 g/mol. The van der Waals surface area contributed by atoms with E-state index >= 15 is 0 Å². The average Bonchev–Trinajstić information content (AvgIpc) is 2.60. The van der Waals surface area contributed by atoms with E-state index in [2.05, 4.69) is 5.32 Å². The molecule has 0 saturated carbocycles. The molecule has 1 N–H and O–H groups in total. The molecule has 0 heterocycles. The Labute approximate surface area is 157 Å². The first kappa shape index (κ1) is 19.3. The van der Waals surface area contributed by atoms with Gasteiger partial charge >= 0.3 is 0 Å². The second kappa shape index (κ2) is 8.88. The zero-order valence-electron chi connectivity index (χ0n) is 14.1. The van der Waals surface area contributed by atoms with Gasteiger partial charge in [-0.05, 0) is 42.3 Å². The molecule has 132 valence electrons. The maximum atomic E-state index is 12.8. The number of likely N-dealkylation sites (N-methyl/N-ethyl adjacent to an activating group) is 1. The number of carbonyl (C=O) groups is 2. The van der Waals surface area contributed by atoms with Crippen LogP contribution in [0.4, 0.5) is 0 Å². The van der Waals surface area contributed by atoms with Gasteiger partial charge in [-0.2, -0.15) is 0 Å². The fourth-order valence-corrected chi connectivity index (χ4v) is 2.84. The van der Waals surface area contributed by atoms with Gasteiger partial charge in [0.25, 0.3) is 0 Å². The van der Waals surface area contributed by atoms with E-state index in [0.717, 1.165) is 11.1 Å². The van der Waals surface area contributed by atoms with Crippen LogP contribution in [0.2, 0.25) is 10.0 Å². The topological polar surface area (TPSA) is 49.4 Å². The van der Waals surface area contributed by atoms with Gasteiger partial charge in [-0.1, -0.05) is 47.5 Å². The minimum atomic E-state index is -0.594. The van der Waals surface area contributed by atoms with Gasteiger partial charge in [-0.3, -0.25) is 9.59 Å². The fourth-order valence-electron chi connectivity index (χ4n) is 2.50. The zero-order chi connectivity index (χ0) is 18.4. The Morgan fingerprint density at radius 1 is 1.04 bits per heavy atom. The number of nitrogens with zero attached hydrogens (tertiary/aromatic N) is 1. The number of carbonyl (C=O) groups excluding carboxylic acids is 2. The van der Waals surface area contributed by atoms with E-state index in [9.17, 15) is 9.59 Å². The normalized spacial score (nSPS) is 11.7. The third-order valence-corrected chi connectivity index (χ3v) is 4.41. The van der Waals surface area contributed by atoms with Gasteiger partial charge < -0.3 is 10.2 Å². The lowest BCUT2D eigenvalue weighted by Crippen LogP contribution is -2.47. The van der Waals surface area contributed by atoms with Crippen molar-refractivity contribution in [1.82, 2.24) is 10.2 Å². The molecule has 25 heavy (non-hydrogen) atoms. The molecule has 2 rings (SSSR count). The third kappa shape index (κ3) is 5.48. The largest absolute Gasteiger partial charge is 0.357 e. The van der Waals surface area contributed by atoms with E-state index in [1.54, 1.807) is 43.1 Å². The molecule has 0 aliphatic rings. The highest BCUT2D eigenvalue weighted by atomic mass is 35.5. The van der Waals surface area contributed by atoms with Crippen LogP contribution in [0, 0.1) is 0 Å². The molecule has 0 unspecified atom stereocenters. The monoisotopic (exact) mass is 378 g/mol. The molecule has 0 fully saturated rings. The zero-order valence-corrected chi connectivity index (χ0v) is 15.6. The number of nitrogens with one attached hydrogen (secondary N) is 1. The van der Waals surface area contributed by atoms with Crippen molar-refractivity contribution in [1.29, 1.82) is 0 Å². The van der Waals surface area contributed by atoms with Gasteiger partial charge in [0.15, 0.2) is 0 Å². The molecule has 2 aromatic rings. The van der Waals surface area contributed by atoms with Crippen molar-refractivity contribution < 1.29 is 9.59 Å². The summed E-state index contributed by atoms with van der Waals surface area (Å²) in [6.45, 7) is 2.02. The van der Waals surface area contributed by atoms with Gasteiger partial charge in [0.2, 0.25) is 11.8 Å². The van der Waals surface area contributed by atoms with Gasteiger partial charge in [-0.15, -0.1) is 0 Å². The van der Waals surface area contributed by atoms with E-state index in [0.29, 0.717) is 16.6 Å². The maximum Gasteiger partial charge on any atom is 0.242 e. The van der Waals surface area contributed by atoms with Crippen LogP contribution in [0.1, 0.15) is 18.1 Å². The third-order valence-electron chi connectivity index (χ3n) is 3.92. The minimum absolute atomic E-state index is 0.140. The molecule has 0 spiro atoms.